The average molecular weight is 238 g/mol. The lowest BCUT2D eigenvalue weighted by Gasteiger charge is -2.22. The third-order valence-corrected chi connectivity index (χ3v) is 2.35. The summed E-state index contributed by atoms with van der Waals surface area (Å²) in [4.78, 5) is 22.9. The van der Waals surface area contributed by atoms with Crippen molar-refractivity contribution in [3.8, 4) is 0 Å². The molecule has 0 atom stereocenters. The van der Waals surface area contributed by atoms with Crippen LogP contribution in [0, 0.1) is 0 Å². The number of benzene rings is 1. The molecule has 0 heterocycles. The van der Waals surface area contributed by atoms with Crippen LogP contribution in [0.5, 0.6) is 0 Å². The molecule has 0 aliphatic carbocycles. The first-order valence-electron chi connectivity index (χ1n) is 4.97. The molecule has 0 spiro atoms. The molecule has 17 heavy (non-hydrogen) atoms. The molecule has 92 valence electrons. The van der Waals surface area contributed by atoms with E-state index in [9.17, 15) is 14.7 Å². The summed E-state index contributed by atoms with van der Waals surface area (Å²) in [6, 6.07) is 8.65. The van der Waals surface area contributed by atoms with Crippen molar-refractivity contribution in [2.45, 2.75) is 12.0 Å². The topological polar surface area (TPSA) is 72.8 Å². The van der Waals surface area contributed by atoms with Gasteiger partial charge in [0, 0.05) is 6.42 Å². The largest absolute Gasteiger partial charge is 0.466 e. The molecular weight excluding hydrogens is 224 g/mol. The number of ether oxygens (including phenoxy) is 2. The monoisotopic (exact) mass is 238 g/mol. The number of hydrogen-bond acceptors (Lipinski definition) is 5. The highest BCUT2D eigenvalue weighted by Gasteiger charge is 2.46. The van der Waals surface area contributed by atoms with Crippen molar-refractivity contribution < 1.29 is 24.2 Å². The predicted molar refractivity (Wildman–Crippen MR) is 59.1 cm³/mol. The van der Waals surface area contributed by atoms with Crippen LogP contribution >= 0.6 is 0 Å². The van der Waals surface area contributed by atoms with E-state index in [0.29, 0.717) is 5.56 Å². The minimum atomic E-state index is -2.30. The molecule has 1 N–H and O–H groups in total. The van der Waals surface area contributed by atoms with Crippen LogP contribution < -0.4 is 0 Å². The molecule has 1 aromatic rings. The summed E-state index contributed by atoms with van der Waals surface area (Å²) >= 11 is 0. The fourth-order valence-corrected chi connectivity index (χ4v) is 1.46. The fraction of sp³-hybridized carbons (Fsp3) is 0.333. The molecule has 0 amide bonds. The first kappa shape index (κ1) is 13.2. The second-order valence-electron chi connectivity index (χ2n) is 3.51. The molecule has 5 nitrogen and oxygen atoms in total. The van der Waals surface area contributed by atoms with E-state index in [1.165, 1.54) is 0 Å². The third-order valence-electron chi connectivity index (χ3n) is 2.35. The van der Waals surface area contributed by atoms with Gasteiger partial charge in [0.2, 0.25) is 0 Å². The molecule has 5 heteroatoms. The van der Waals surface area contributed by atoms with Crippen molar-refractivity contribution >= 4 is 11.9 Å². The van der Waals surface area contributed by atoms with E-state index in [1.54, 1.807) is 30.3 Å². The third kappa shape index (κ3) is 2.82. The quantitative estimate of drug-likeness (QED) is 0.603. The van der Waals surface area contributed by atoms with Gasteiger partial charge < -0.3 is 14.6 Å². The second-order valence-corrected chi connectivity index (χ2v) is 3.51. The summed E-state index contributed by atoms with van der Waals surface area (Å²) in [5.41, 5.74) is -1.67. The first-order chi connectivity index (χ1) is 8.04. The zero-order chi connectivity index (χ0) is 12.9. The van der Waals surface area contributed by atoms with Crippen molar-refractivity contribution in [1.82, 2.24) is 0 Å². The summed E-state index contributed by atoms with van der Waals surface area (Å²) in [6.45, 7) is 0. The number of carbonyl (C=O) groups excluding carboxylic acids is 2. The van der Waals surface area contributed by atoms with Crippen LogP contribution in [-0.2, 0) is 25.5 Å². The Labute approximate surface area is 99.0 Å². The predicted octanol–water partition coefficient (Wildman–Crippen LogP) is 0.306. The molecule has 0 aliphatic rings. The Morgan fingerprint density at radius 1 is 1.12 bits per heavy atom. The van der Waals surface area contributed by atoms with Crippen molar-refractivity contribution in [2.24, 2.45) is 0 Å². The number of esters is 2. The Balaban J connectivity index is 3.00. The number of aliphatic hydroxyl groups is 1. The number of hydrogen-bond donors (Lipinski definition) is 1. The van der Waals surface area contributed by atoms with Crippen molar-refractivity contribution in [3.05, 3.63) is 35.9 Å². The van der Waals surface area contributed by atoms with Gasteiger partial charge in [-0.25, -0.2) is 9.59 Å². The second kappa shape index (κ2) is 5.45. The lowest BCUT2D eigenvalue weighted by molar-refractivity contribution is -0.180. The maximum atomic E-state index is 11.5. The highest BCUT2D eigenvalue weighted by molar-refractivity contribution is 6.03. The molecule has 0 bridgehead atoms. The van der Waals surface area contributed by atoms with Gasteiger partial charge in [-0.1, -0.05) is 30.3 Å². The maximum absolute atomic E-state index is 11.5. The van der Waals surface area contributed by atoms with E-state index in [0.717, 1.165) is 14.2 Å². The van der Waals surface area contributed by atoms with E-state index in [1.807, 2.05) is 0 Å². The van der Waals surface area contributed by atoms with E-state index in [-0.39, 0.29) is 6.42 Å². The van der Waals surface area contributed by atoms with Gasteiger partial charge in [0.25, 0.3) is 5.60 Å². The summed E-state index contributed by atoms with van der Waals surface area (Å²) in [7, 11) is 2.20. The van der Waals surface area contributed by atoms with Gasteiger partial charge in [-0.05, 0) is 5.56 Å². The highest BCUT2D eigenvalue weighted by atomic mass is 16.6. The van der Waals surface area contributed by atoms with E-state index in [2.05, 4.69) is 9.47 Å². The van der Waals surface area contributed by atoms with Crippen molar-refractivity contribution in [2.75, 3.05) is 14.2 Å². The average Bonchev–Trinajstić information content (AvgIpc) is 2.37. The Kier molecular flexibility index (Phi) is 4.23. The summed E-state index contributed by atoms with van der Waals surface area (Å²) in [5, 5.41) is 10.1. The molecule has 1 rings (SSSR count). The van der Waals surface area contributed by atoms with Crippen LogP contribution in [0.2, 0.25) is 0 Å². The minimum absolute atomic E-state index is 0.187. The fourth-order valence-electron chi connectivity index (χ4n) is 1.46. The molecule has 0 fully saturated rings. The molecule has 1 aromatic carbocycles. The van der Waals surface area contributed by atoms with Crippen LogP contribution in [0.3, 0.4) is 0 Å². The van der Waals surface area contributed by atoms with Gasteiger partial charge in [0.1, 0.15) is 0 Å². The van der Waals surface area contributed by atoms with Crippen LogP contribution in [0.25, 0.3) is 0 Å². The molecule has 0 radical (unpaired) electrons. The van der Waals surface area contributed by atoms with Crippen LogP contribution in [0.4, 0.5) is 0 Å². The maximum Gasteiger partial charge on any atom is 0.350 e. The Morgan fingerprint density at radius 2 is 1.59 bits per heavy atom. The zero-order valence-corrected chi connectivity index (χ0v) is 9.67. The van der Waals surface area contributed by atoms with Crippen LogP contribution in [-0.4, -0.2) is 36.9 Å². The molecule has 0 unspecified atom stereocenters. The van der Waals surface area contributed by atoms with E-state index < -0.39 is 17.5 Å². The Morgan fingerprint density at radius 3 is 2.00 bits per heavy atom. The highest BCUT2D eigenvalue weighted by Crippen LogP contribution is 2.17. The van der Waals surface area contributed by atoms with Crippen LogP contribution in [0.1, 0.15) is 5.56 Å². The number of carbonyl (C=O) groups is 2. The van der Waals surface area contributed by atoms with E-state index in [4.69, 9.17) is 0 Å². The van der Waals surface area contributed by atoms with Crippen molar-refractivity contribution in [1.29, 1.82) is 0 Å². The SMILES string of the molecule is COC(=O)C(O)(Cc1ccccc1)C(=O)OC. The van der Waals surface area contributed by atoms with Gasteiger partial charge in [-0.15, -0.1) is 0 Å². The number of methoxy groups -OCH3 is 2. The van der Waals surface area contributed by atoms with Gasteiger partial charge >= 0.3 is 11.9 Å². The Bertz CT molecular complexity index is 383. The summed E-state index contributed by atoms with van der Waals surface area (Å²) < 4.78 is 8.84. The van der Waals surface area contributed by atoms with Crippen LogP contribution in [0.15, 0.2) is 30.3 Å². The van der Waals surface area contributed by atoms with E-state index >= 15 is 0 Å². The zero-order valence-electron chi connectivity index (χ0n) is 9.67. The molecule has 0 aromatic heterocycles. The molecule has 0 aliphatic heterocycles. The smallest absolute Gasteiger partial charge is 0.350 e. The molecule has 0 saturated carbocycles. The van der Waals surface area contributed by atoms with Gasteiger partial charge in [0.15, 0.2) is 0 Å². The van der Waals surface area contributed by atoms with Gasteiger partial charge in [0.05, 0.1) is 14.2 Å². The normalized spacial score (nSPS) is 10.8. The van der Waals surface area contributed by atoms with Gasteiger partial charge in [-0.3, -0.25) is 0 Å². The lowest BCUT2D eigenvalue weighted by Crippen LogP contribution is -2.50. The summed E-state index contributed by atoms with van der Waals surface area (Å²) in [6.07, 6.45) is -0.187. The number of rotatable bonds is 4. The molecular formula is C12H14O5. The summed E-state index contributed by atoms with van der Waals surface area (Å²) in [5.74, 6) is -2.07. The first-order valence-corrected chi connectivity index (χ1v) is 4.97. The standard InChI is InChI=1S/C12H14O5/c1-16-10(13)12(15,11(14)17-2)8-9-6-4-3-5-7-9/h3-7,15H,8H2,1-2H3. The minimum Gasteiger partial charge on any atom is -0.466 e. The van der Waals surface area contributed by atoms with Crippen molar-refractivity contribution in [3.63, 3.8) is 0 Å². The lowest BCUT2D eigenvalue weighted by atomic mass is 9.94. The van der Waals surface area contributed by atoms with Gasteiger partial charge in [-0.2, -0.15) is 0 Å². The Hall–Kier alpha value is -1.88. The molecule has 0 saturated heterocycles.